The third kappa shape index (κ3) is 2.71. The van der Waals surface area contributed by atoms with Gasteiger partial charge in [-0.1, -0.05) is 12.1 Å². The van der Waals surface area contributed by atoms with E-state index < -0.39 is 0 Å². The Hall–Kier alpha value is -1.59. The van der Waals surface area contributed by atoms with E-state index in [2.05, 4.69) is 10.3 Å². The van der Waals surface area contributed by atoms with Gasteiger partial charge in [-0.3, -0.25) is 0 Å². The van der Waals surface area contributed by atoms with Gasteiger partial charge in [0.1, 0.15) is 5.52 Å². The molecule has 1 aromatic heterocycles. The first kappa shape index (κ1) is 10.9. The van der Waals surface area contributed by atoms with Gasteiger partial charge >= 0.3 is 0 Å². The number of fused-ring (bicyclic) bond motifs is 1. The lowest BCUT2D eigenvalue weighted by molar-refractivity contribution is 0.151. The third-order valence-corrected chi connectivity index (χ3v) is 2.08. The molecule has 3 N–H and O–H groups in total. The Balaban J connectivity index is 1.85. The highest BCUT2D eigenvalue weighted by atomic mass is 16.5. The summed E-state index contributed by atoms with van der Waals surface area (Å²) in [7, 11) is 0. The van der Waals surface area contributed by atoms with Crippen LogP contribution in [0.2, 0.25) is 0 Å². The summed E-state index contributed by atoms with van der Waals surface area (Å²) in [6, 6.07) is 8.17. The number of aromatic nitrogens is 1. The maximum atomic E-state index is 5.47. The van der Waals surface area contributed by atoms with Crippen molar-refractivity contribution in [2.24, 2.45) is 5.73 Å². The minimum absolute atomic E-state index is 0.526. The molecule has 0 aliphatic rings. The van der Waals surface area contributed by atoms with Gasteiger partial charge in [-0.15, -0.1) is 0 Å². The number of rotatable bonds is 6. The monoisotopic (exact) mass is 221 g/mol. The number of nitrogens with two attached hydrogens (primary N) is 1. The van der Waals surface area contributed by atoms with Crippen LogP contribution in [0.1, 0.15) is 0 Å². The van der Waals surface area contributed by atoms with Crippen LogP contribution in [0.15, 0.2) is 28.7 Å². The molecular weight excluding hydrogens is 206 g/mol. The fourth-order valence-electron chi connectivity index (χ4n) is 1.36. The molecule has 0 radical (unpaired) electrons. The van der Waals surface area contributed by atoms with Crippen LogP contribution in [0, 0.1) is 0 Å². The second-order valence-corrected chi connectivity index (χ2v) is 3.31. The predicted molar refractivity (Wildman–Crippen MR) is 62.4 cm³/mol. The van der Waals surface area contributed by atoms with Crippen molar-refractivity contribution in [2.45, 2.75) is 0 Å². The average molecular weight is 221 g/mol. The van der Waals surface area contributed by atoms with Gasteiger partial charge in [-0.25, -0.2) is 0 Å². The van der Waals surface area contributed by atoms with Crippen LogP contribution in [-0.2, 0) is 4.74 Å². The molecule has 0 atom stereocenters. The van der Waals surface area contributed by atoms with Gasteiger partial charge in [0.05, 0.1) is 13.2 Å². The van der Waals surface area contributed by atoms with Gasteiger partial charge in [-0.2, -0.15) is 4.98 Å². The topological polar surface area (TPSA) is 73.3 Å². The first-order valence-corrected chi connectivity index (χ1v) is 5.27. The predicted octanol–water partition coefficient (Wildman–Crippen LogP) is 1.21. The molecule has 0 bridgehead atoms. The summed E-state index contributed by atoms with van der Waals surface area (Å²) < 4.78 is 10.7. The Labute approximate surface area is 93.6 Å². The highest BCUT2D eigenvalue weighted by Gasteiger charge is 2.02. The zero-order chi connectivity index (χ0) is 11.2. The molecule has 5 nitrogen and oxygen atoms in total. The second kappa shape index (κ2) is 5.48. The summed E-state index contributed by atoms with van der Waals surface area (Å²) in [6.07, 6.45) is 0. The van der Waals surface area contributed by atoms with Crippen LogP contribution in [0.25, 0.3) is 11.1 Å². The Kier molecular flexibility index (Phi) is 3.74. The number of nitrogens with one attached hydrogen (secondary N) is 1. The van der Waals surface area contributed by atoms with Crippen LogP contribution >= 0.6 is 0 Å². The first-order chi connectivity index (χ1) is 7.90. The molecular formula is C11H15N3O2. The lowest BCUT2D eigenvalue weighted by atomic mass is 10.3. The van der Waals surface area contributed by atoms with E-state index in [0.29, 0.717) is 32.3 Å². The largest absolute Gasteiger partial charge is 0.424 e. The number of hydrogen-bond acceptors (Lipinski definition) is 5. The van der Waals surface area contributed by atoms with Crippen LogP contribution in [0.3, 0.4) is 0 Å². The standard InChI is InChI=1S/C11H15N3O2/c12-5-7-15-8-6-13-11-14-9-3-1-2-4-10(9)16-11/h1-4H,5-8,12H2,(H,13,14). The minimum atomic E-state index is 0.526. The highest BCUT2D eigenvalue weighted by molar-refractivity contribution is 5.74. The fourth-order valence-corrected chi connectivity index (χ4v) is 1.36. The number of ether oxygens (including phenoxy) is 1. The maximum Gasteiger partial charge on any atom is 0.295 e. The number of nitrogens with zero attached hydrogens (tertiary/aromatic N) is 1. The number of benzene rings is 1. The molecule has 0 unspecified atom stereocenters. The molecule has 0 saturated carbocycles. The summed E-state index contributed by atoms with van der Waals surface area (Å²) in [6.45, 7) is 2.38. The minimum Gasteiger partial charge on any atom is -0.424 e. The van der Waals surface area contributed by atoms with E-state index in [1.165, 1.54) is 0 Å². The van der Waals surface area contributed by atoms with Crippen LogP contribution in [0.4, 0.5) is 6.01 Å². The molecule has 0 fully saturated rings. The molecule has 0 aliphatic carbocycles. The van der Waals surface area contributed by atoms with Gasteiger partial charge in [-0.05, 0) is 12.1 Å². The first-order valence-electron chi connectivity index (χ1n) is 5.27. The Morgan fingerprint density at radius 3 is 3.00 bits per heavy atom. The van der Waals surface area contributed by atoms with E-state index in [1.54, 1.807) is 0 Å². The molecule has 16 heavy (non-hydrogen) atoms. The van der Waals surface area contributed by atoms with E-state index in [9.17, 15) is 0 Å². The molecule has 0 saturated heterocycles. The summed E-state index contributed by atoms with van der Waals surface area (Å²) >= 11 is 0. The highest BCUT2D eigenvalue weighted by Crippen LogP contribution is 2.17. The van der Waals surface area contributed by atoms with Crippen LogP contribution in [-0.4, -0.2) is 31.3 Å². The van der Waals surface area contributed by atoms with Crippen molar-refractivity contribution in [1.82, 2.24) is 4.98 Å². The van der Waals surface area contributed by atoms with Crippen molar-refractivity contribution < 1.29 is 9.15 Å². The molecule has 1 heterocycles. The fraction of sp³-hybridized carbons (Fsp3) is 0.364. The lowest BCUT2D eigenvalue weighted by Gasteiger charge is -2.02. The third-order valence-electron chi connectivity index (χ3n) is 2.08. The molecule has 86 valence electrons. The van der Waals surface area contributed by atoms with E-state index in [0.717, 1.165) is 11.1 Å². The second-order valence-electron chi connectivity index (χ2n) is 3.31. The summed E-state index contributed by atoms with van der Waals surface area (Å²) in [5.74, 6) is 0. The van der Waals surface area contributed by atoms with E-state index >= 15 is 0 Å². The molecule has 0 spiro atoms. The van der Waals surface area contributed by atoms with Crippen molar-refractivity contribution in [1.29, 1.82) is 0 Å². The van der Waals surface area contributed by atoms with Crippen molar-refractivity contribution in [2.75, 3.05) is 31.6 Å². The smallest absolute Gasteiger partial charge is 0.295 e. The van der Waals surface area contributed by atoms with Crippen molar-refractivity contribution in [3.8, 4) is 0 Å². The molecule has 0 aliphatic heterocycles. The molecule has 1 aromatic carbocycles. The molecule has 2 rings (SSSR count). The Morgan fingerprint density at radius 2 is 2.19 bits per heavy atom. The lowest BCUT2D eigenvalue weighted by Crippen LogP contribution is -2.14. The summed E-state index contributed by atoms with van der Waals surface area (Å²) in [5, 5.41) is 3.05. The van der Waals surface area contributed by atoms with Crippen LogP contribution in [0.5, 0.6) is 0 Å². The van der Waals surface area contributed by atoms with Gasteiger partial charge < -0.3 is 20.2 Å². The van der Waals surface area contributed by atoms with Gasteiger partial charge in [0.2, 0.25) is 0 Å². The number of para-hydroxylation sites is 2. The zero-order valence-corrected chi connectivity index (χ0v) is 8.98. The maximum absolute atomic E-state index is 5.47. The van der Waals surface area contributed by atoms with Crippen LogP contribution < -0.4 is 11.1 Å². The van der Waals surface area contributed by atoms with Gasteiger partial charge in [0, 0.05) is 13.1 Å². The number of oxazole rings is 1. The normalized spacial score (nSPS) is 10.8. The molecule has 5 heteroatoms. The summed E-state index contributed by atoms with van der Waals surface area (Å²) in [4.78, 5) is 4.27. The van der Waals surface area contributed by atoms with E-state index in [1.807, 2.05) is 24.3 Å². The Bertz CT molecular complexity index is 408. The van der Waals surface area contributed by atoms with Crippen molar-refractivity contribution >= 4 is 17.1 Å². The van der Waals surface area contributed by atoms with Crippen molar-refractivity contribution in [3.05, 3.63) is 24.3 Å². The SMILES string of the molecule is NCCOCCNc1nc2ccccc2o1. The van der Waals surface area contributed by atoms with E-state index in [4.69, 9.17) is 14.9 Å². The molecule has 2 aromatic rings. The quantitative estimate of drug-likeness (QED) is 0.717. The number of hydrogen-bond donors (Lipinski definition) is 2. The van der Waals surface area contributed by atoms with Gasteiger partial charge in [0.15, 0.2) is 5.58 Å². The number of anilines is 1. The summed E-state index contributed by atoms with van der Waals surface area (Å²) in [5.41, 5.74) is 6.94. The van der Waals surface area contributed by atoms with Crippen molar-refractivity contribution in [3.63, 3.8) is 0 Å². The van der Waals surface area contributed by atoms with E-state index in [-0.39, 0.29) is 0 Å². The average Bonchev–Trinajstić information content (AvgIpc) is 2.71. The zero-order valence-electron chi connectivity index (χ0n) is 8.98. The van der Waals surface area contributed by atoms with Gasteiger partial charge in [0.25, 0.3) is 6.01 Å². The Morgan fingerprint density at radius 1 is 1.31 bits per heavy atom. The molecule has 0 amide bonds.